The van der Waals surface area contributed by atoms with Gasteiger partial charge in [0.25, 0.3) is 0 Å². The van der Waals surface area contributed by atoms with E-state index < -0.39 is 10.0 Å². The number of hydrogen-bond donors (Lipinski definition) is 2. The molecule has 1 heterocycles. The molecule has 0 amide bonds. The van der Waals surface area contributed by atoms with E-state index in [0.717, 1.165) is 19.5 Å². The van der Waals surface area contributed by atoms with Crippen LogP contribution in [0.5, 0.6) is 0 Å². The van der Waals surface area contributed by atoms with E-state index in [1.165, 1.54) is 0 Å². The van der Waals surface area contributed by atoms with Gasteiger partial charge in [0.2, 0.25) is 10.0 Å². The van der Waals surface area contributed by atoms with Crippen LogP contribution in [-0.4, -0.2) is 46.5 Å². The zero-order valence-electron chi connectivity index (χ0n) is 10.2. The number of nitrogens with one attached hydrogen (secondary N) is 2. The average Bonchev–Trinajstić information content (AvgIpc) is 2.35. The maximum atomic E-state index is 11.9. The average molecular weight is 262 g/mol. The van der Waals surface area contributed by atoms with Gasteiger partial charge in [0.05, 0.1) is 18.5 Å². The van der Waals surface area contributed by atoms with Gasteiger partial charge in [-0.2, -0.15) is 0 Å². The number of sulfonamides is 1. The fraction of sp³-hybridized carbons (Fsp3) is 0.818. The molecule has 0 spiro atoms. The molecule has 0 saturated carbocycles. The lowest BCUT2D eigenvalue weighted by atomic mass is 10.2. The van der Waals surface area contributed by atoms with Gasteiger partial charge in [0, 0.05) is 6.54 Å². The first-order chi connectivity index (χ1) is 8.17. The molecule has 6 heteroatoms. The summed E-state index contributed by atoms with van der Waals surface area (Å²) in [6.07, 6.45) is 3.94. The zero-order valence-corrected chi connectivity index (χ0v) is 11.0. The van der Waals surface area contributed by atoms with Crippen molar-refractivity contribution in [3.63, 3.8) is 0 Å². The second kappa shape index (κ2) is 7.81. The molecule has 100 valence electrons. The summed E-state index contributed by atoms with van der Waals surface area (Å²) in [5.41, 5.74) is 0. The molecule has 1 fully saturated rings. The monoisotopic (exact) mass is 262 g/mol. The smallest absolute Gasteiger partial charge is 0.214 e. The van der Waals surface area contributed by atoms with Crippen LogP contribution in [0.2, 0.25) is 0 Å². The van der Waals surface area contributed by atoms with Crippen LogP contribution >= 0.6 is 0 Å². The first-order valence-corrected chi connectivity index (χ1v) is 7.59. The van der Waals surface area contributed by atoms with Crippen LogP contribution in [0.4, 0.5) is 0 Å². The molecule has 0 unspecified atom stereocenters. The molecular formula is C11H22N2O3S. The normalized spacial score (nSPS) is 18.1. The topological polar surface area (TPSA) is 67.4 Å². The minimum absolute atomic E-state index is 0.253. The summed E-state index contributed by atoms with van der Waals surface area (Å²) in [6.45, 7) is 6.50. The van der Waals surface area contributed by atoms with Crippen LogP contribution in [0.3, 0.4) is 0 Å². The van der Waals surface area contributed by atoms with E-state index in [2.05, 4.69) is 16.6 Å². The Hall–Kier alpha value is -0.430. The fourth-order valence-electron chi connectivity index (χ4n) is 1.75. The van der Waals surface area contributed by atoms with Crippen LogP contribution in [0.15, 0.2) is 12.7 Å². The van der Waals surface area contributed by atoms with Gasteiger partial charge >= 0.3 is 0 Å². The van der Waals surface area contributed by atoms with Crippen molar-refractivity contribution >= 4 is 10.0 Å². The maximum absolute atomic E-state index is 11.9. The summed E-state index contributed by atoms with van der Waals surface area (Å²) in [6, 6.07) is 0. The Balaban J connectivity index is 2.17. The van der Waals surface area contributed by atoms with Crippen molar-refractivity contribution in [2.45, 2.75) is 24.5 Å². The third kappa shape index (κ3) is 5.63. The highest BCUT2D eigenvalue weighted by Crippen LogP contribution is 2.11. The van der Waals surface area contributed by atoms with Crippen molar-refractivity contribution in [1.29, 1.82) is 0 Å². The summed E-state index contributed by atoms with van der Waals surface area (Å²) in [7, 11) is -3.17. The molecule has 0 aromatic carbocycles. The highest BCUT2D eigenvalue weighted by Gasteiger charge is 2.26. The molecule has 0 aromatic rings. The lowest BCUT2D eigenvalue weighted by Crippen LogP contribution is -2.42. The quantitative estimate of drug-likeness (QED) is 0.486. The van der Waals surface area contributed by atoms with Gasteiger partial charge in [-0.15, -0.1) is 6.58 Å². The highest BCUT2D eigenvalue weighted by atomic mass is 32.2. The molecule has 1 rings (SSSR count). The highest BCUT2D eigenvalue weighted by molar-refractivity contribution is 7.90. The molecule has 0 atom stereocenters. The summed E-state index contributed by atoms with van der Waals surface area (Å²) in [5.74, 6) is 0. The molecule has 0 radical (unpaired) electrons. The zero-order chi connectivity index (χ0) is 12.6. The first kappa shape index (κ1) is 14.6. The van der Waals surface area contributed by atoms with E-state index in [9.17, 15) is 8.42 Å². The fourth-order valence-corrected chi connectivity index (χ4v) is 3.21. The van der Waals surface area contributed by atoms with E-state index >= 15 is 0 Å². The molecule has 1 saturated heterocycles. The van der Waals surface area contributed by atoms with Crippen LogP contribution in [0.25, 0.3) is 0 Å². The summed E-state index contributed by atoms with van der Waals surface area (Å²) >= 11 is 0. The molecule has 2 N–H and O–H groups in total. The Kier molecular flexibility index (Phi) is 6.72. The Labute approximate surface area is 104 Å². The predicted octanol–water partition coefficient (Wildman–Crippen LogP) is 0.251. The Morgan fingerprint density at radius 2 is 2.06 bits per heavy atom. The first-order valence-electron chi connectivity index (χ1n) is 6.04. The lowest BCUT2D eigenvalue weighted by molar-refractivity contribution is 0.144. The molecular weight excluding hydrogens is 240 g/mol. The van der Waals surface area contributed by atoms with Crippen LogP contribution in [-0.2, 0) is 14.8 Å². The van der Waals surface area contributed by atoms with E-state index in [1.54, 1.807) is 6.08 Å². The third-order valence-electron chi connectivity index (χ3n) is 2.74. The Bertz CT molecular complexity index is 311. The lowest BCUT2D eigenvalue weighted by Gasteiger charge is -2.22. The van der Waals surface area contributed by atoms with Gasteiger partial charge in [-0.1, -0.05) is 6.08 Å². The molecule has 1 aliphatic heterocycles. The van der Waals surface area contributed by atoms with Crippen molar-refractivity contribution in [1.82, 2.24) is 10.0 Å². The van der Waals surface area contributed by atoms with Crippen molar-refractivity contribution in [2.75, 3.05) is 32.8 Å². The second-order valence-electron chi connectivity index (χ2n) is 4.08. The molecule has 0 bridgehead atoms. The largest absolute Gasteiger partial charge is 0.380 e. The second-order valence-corrected chi connectivity index (χ2v) is 6.12. The van der Waals surface area contributed by atoms with Gasteiger partial charge in [-0.05, 0) is 32.4 Å². The van der Waals surface area contributed by atoms with Gasteiger partial charge in [-0.25, -0.2) is 13.1 Å². The van der Waals surface area contributed by atoms with Crippen molar-refractivity contribution < 1.29 is 13.2 Å². The van der Waals surface area contributed by atoms with Crippen LogP contribution in [0.1, 0.15) is 19.3 Å². The molecule has 0 aromatic heterocycles. The number of piperidine rings is 1. The number of hydrogen-bond acceptors (Lipinski definition) is 4. The summed E-state index contributed by atoms with van der Waals surface area (Å²) < 4.78 is 31.6. The Morgan fingerprint density at radius 3 is 2.71 bits per heavy atom. The predicted molar refractivity (Wildman–Crippen MR) is 68.4 cm³/mol. The maximum Gasteiger partial charge on any atom is 0.214 e. The van der Waals surface area contributed by atoms with E-state index in [-0.39, 0.29) is 5.25 Å². The van der Waals surface area contributed by atoms with E-state index in [0.29, 0.717) is 32.6 Å². The van der Waals surface area contributed by atoms with Gasteiger partial charge in [0.1, 0.15) is 0 Å². The molecule has 17 heavy (non-hydrogen) atoms. The third-order valence-corrected chi connectivity index (χ3v) is 4.70. The van der Waals surface area contributed by atoms with Crippen LogP contribution in [0, 0.1) is 0 Å². The van der Waals surface area contributed by atoms with Gasteiger partial charge in [-0.3, -0.25) is 0 Å². The van der Waals surface area contributed by atoms with Crippen molar-refractivity contribution in [2.24, 2.45) is 0 Å². The van der Waals surface area contributed by atoms with Crippen LogP contribution < -0.4 is 10.0 Å². The van der Waals surface area contributed by atoms with Crippen molar-refractivity contribution in [3.8, 4) is 0 Å². The molecule has 0 aliphatic carbocycles. The van der Waals surface area contributed by atoms with Gasteiger partial charge < -0.3 is 10.1 Å². The Morgan fingerprint density at radius 1 is 1.35 bits per heavy atom. The van der Waals surface area contributed by atoms with E-state index in [1.807, 2.05) is 0 Å². The van der Waals surface area contributed by atoms with Crippen molar-refractivity contribution in [3.05, 3.63) is 12.7 Å². The number of rotatable bonds is 8. The summed E-state index contributed by atoms with van der Waals surface area (Å²) in [4.78, 5) is 0. The molecule has 1 aliphatic rings. The minimum Gasteiger partial charge on any atom is -0.380 e. The standard InChI is InChI=1S/C11H22N2O3S/c1-2-3-9-16-10-8-13-17(14,15)11-4-6-12-7-5-11/h2,11-13H,1,3-10H2. The summed E-state index contributed by atoms with van der Waals surface area (Å²) in [5, 5.41) is 2.90. The van der Waals surface area contributed by atoms with E-state index in [4.69, 9.17) is 4.74 Å². The minimum atomic E-state index is -3.17. The SMILES string of the molecule is C=CCCOCCNS(=O)(=O)C1CCNCC1. The van der Waals surface area contributed by atoms with Gasteiger partial charge in [0.15, 0.2) is 0 Å². The number of ether oxygens (including phenoxy) is 1. The molecule has 5 nitrogen and oxygen atoms in total.